The molecule has 0 aliphatic heterocycles. The van der Waals surface area contributed by atoms with Gasteiger partial charge in [-0.3, -0.25) is 13.9 Å². The first-order chi connectivity index (χ1) is 14.6. The fourth-order valence-corrected chi connectivity index (χ4v) is 4.56. The van der Waals surface area contributed by atoms with Gasteiger partial charge in [-0.1, -0.05) is 19.1 Å². The molecule has 3 rings (SSSR count). The number of rotatable bonds is 6. The summed E-state index contributed by atoms with van der Waals surface area (Å²) in [4.78, 5) is 28.3. The van der Waals surface area contributed by atoms with Gasteiger partial charge in [-0.15, -0.1) is 0 Å². The number of nitrogens with one attached hydrogen (secondary N) is 2. The van der Waals surface area contributed by atoms with Crippen molar-refractivity contribution >= 4 is 32.5 Å². The Morgan fingerprint density at radius 2 is 1.87 bits per heavy atom. The molecule has 2 N–H and O–H groups in total. The lowest BCUT2D eigenvalue weighted by Crippen LogP contribution is -2.35. The number of aromatic amines is 1. The number of anilines is 1. The quantitative estimate of drug-likeness (QED) is 0.612. The Labute approximate surface area is 182 Å². The summed E-state index contributed by atoms with van der Waals surface area (Å²) in [6.07, 6.45) is 2.09. The molecular formula is C23H27N3O4S. The largest absolute Gasteiger partial charge is 0.360 e. The van der Waals surface area contributed by atoms with Crippen molar-refractivity contribution in [1.82, 2.24) is 10.3 Å². The number of nitrogens with zero attached hydrogens (tertiary/aromatic N) is 1. The minimum Gasteiger partial charge on any atom is -0.360 e. The fraction of sp³-hybridized carbons (Fsp3) is 0.304. The van der Waals surface area contributed by atoms with Crippen molar-refractivity contribution in [2.45, 2.75) is 45.1 Å². The van der Waals surface area contributed by atoms with E-state index in [-0.39, 0.29) is 21.9 Å². The first-order valence-corrected chi connectivity index (χ1v) is 11.5. The number of H-pyrrole nitrogens is 1. The van der Waals surface area contributed by atoms with E-state index in [9.17, 15) is 18.0 Å². The van der Waals surface area contributed by atoms with Gasteiger partial charge in [0.2, 0.25) is 5.43 Å². The predicted octanol–water partition coefficient (Wildman–Crippen LogP) is 3.50. The lowest BCUT2D eigenvalue weighted by Gasteiger charge is -2.22. The number of aromatic nitrogens is 1. The van der Waals surface area contributed by atoms with E-state index in [4.69, 9.17) is 0 Å². The second kappa shape index (κ2) is 8.55. The minimum absolute atomic E-state index is 0.0200. The normalized spacial score (nSPS) is 12.5. The minimum atomic E-state index is -3.92. The van der Waals surface area contributed by atoms with E-state index < -0.39 is 21.4 Å². The van der Waals surface area contributed by atoms with Crippen LogP contribution in [0.15, 0.2) is 52.3 Å². The molecule has 7 nitrogen and oxygen atoms in total. The van der Waals surface area contributed by atoms with Crippen LogP contribution in [0.2, 0.25) is 0 Å². The number of fused-ring (bicyclic) bond motifs is 1. The van der Waals surface area contributed by atoms with Gasteiger partial charge in [0, 0.05) is 30.2 Å². The first kappa shape index (κ1) is 22.6. The molecule has 1 heterocycles. The lowest BCUT2D eigenvalue weighted by molar-refractivity contribution is 0.0938. The highest BCUT2D eigenvalue weighted by Gasteiger charge is 2.24. The fourth-order valence-electron chi connectivity index (χ4n) is 3.28. The Hall–Kier alpha value is -3.13. The molecule has 0 bridgehead atoms. The van der Waals surface area contributed by atoms with Gasteiger partial charge in [0.05, 0.1) is 10.6 Å². The maximum Gasteiger partial charge on any atom is 0.264 e. The van der Waals surface area contributed by atoms with Crippen LogP contribution < -0.4 is 15.1 Å². The van der Waals surface area contributed by atoms with Crippen LogP contribution in [0.5, 0.6) is 0 Å². The molecule has 0 saturated heterocycles. The molecular weight excluding hydrogens is 414 g/mol. The lowest BCUT2D eigenvalue weighted by atomic mass is 10.1. The highest BCUT2D eigenvalue weighted by Crippen LogP contribution is 2.27. The molecule has 164 valence electrons. The van der Waals surface area contributed by atoms with Gasteiger partial charge in [0.15, 0.2) is 0 Å². The maximum atomic E-state index is 13.3. The molecule has 1 aromatic heterocycles. The van der Waals surface area contributed by atoms with E-state index in [1.165, 1.54) is 35.7 Å². The van der Waals surface area contributed by atoms with Gasteiger partial charge in [-0.25, -0.2) is 8.42 Å². The molecule has 0 aliphatic rings. The monoisotopic (exact) mass is 441 g/mol. The van der Waals surface area contributed by atoms with Crippen LogP contribution in [0, 0.1) is 13.8 Å². The van der Waals surface area contributed by atoms with Crippen LogP contribution in [-0.2, 0) is 10.0 Å². The van der Waals surface area contributed by atoms with Gasteiger partial charge < -0.3 is 10.3 Å². The summed E-state index contributed by atoms with van der Waals surface area (Å²) in [5.74, 6) is -0.488. The van der Waals surface area contributed by atoms with E-state index in [0.29, 0.717) is 11.2 Å². The Morgan fingerprint density at radius 3 is 2.55 bits per heavy atom. The van der Waals surface area contributed by atoms with Crippen LogP contribution in [0.3, 0.4) is 0 Å². The summed E-state index contributed by atoms with van der Waals surface area (Å²) in [6.45, 7) is 7.51. The zero-order chi connectivity index (χ0) is 22.9. The van der Waals surface area contributed by atoms with Gasteiger partial charge in [-0.05, 0) is 62.6 Å². The molecule has 1 atom stereocenters. The number of amides is 1. The van der Waals surface area contributed by atoms with Crippen LogP contribution in [0.1, 0.15) is 41.8 Å². The van der Waals surface area contributed by atoms with Crippen molar-refractivity contribution in [3.05, 3.63) is 69.5 Å². The summed E-state index contributed by atoms with van der Waals surface area (Å²) in [6, 6.07) is 9.82. The number of aryl methyl sites for hydroxylation is 2. The van der Waals surface area contributed by atoms with Crippen molar-refractivity contribution in [2.24, 2.45) is 0 Å². The van der Waals surface area contributed by atoms with Crippen LogP contribution >= 0.6 is 0 Å². The number of hydrogen-bond acceptors (Lipinski definition) is 4. The Balaban J connectivity index is 2.08. The number of carbonyl (C=O) groups excluding carboxylic acids is 1. The summed E-state index contributed by atoms with van der Waals surface area (Å²) in [7, 11) is -2.43. The summed E-state index contributed by atoms with van der Waals surface area (Å²) >= 11 is 0. The third kappa shape index (κ3) is 4.34. The Kier molecular flexibility index (Phi) is 6.22. The van der Waals surface area contributed by atoms with E-state index in [2.05, 4.69) is 10.3 Å². The molecule has 0 fully saturated rings. The van der Waals surface area contributed by atoms with Crippen molar-refractivity contribution in [1.29, 1.82) is 0 Å². The first-order valence-electron chi connectivity index (χ1n) is 10.1. The summed E-state index contributed by atoms with van der Waals surface area (Å²) in [5, 5.41) is 2.91. The van der Waals surface area contributed by atoms with Crippen molar-refractivity contribution < 1.29 is 13.2 Å². The van der Waals surface area contributed by atoms with Crippen molar-refractivity contribution in [3.63, 3.8) is 0 Å². The third-order valence-corrected chi connectivity index (χ3v) is 7.22. The van der Waals surface area contributed by atoms with E-state index in [1.54, 1.807) is 6.07 Å². The highest BCUT2D eigenvalue weighted by molar-refractivity contribution is 7.92. The zero-order valence-corrected chi connectivity index (χ0v) is 19.1. The van der Waals surface area contributed by atoms with Crippen molar-refractivity contribution in [3.8, 4) is 0 Å². The number of carbonyl (C=O) groups is 1. The van der Waals surface area contributed by atoms with Gasteiger partial charge in [-0.2, -0.15) is 0 Å². The summed E-state index contributed by atoms with van der Waals surface area (Å²) in [5.41, 5.74) is 2.22. The molecule has 0 unspecified atom stereocenters. The average Bonchev–Trinajstić information content (AvgIpc) is 2.74. The SMILES string of the molecule is CC[C@H](C)NC(=O)c1c[nH]c2ccc(S(=O)(=O)N(C)c3cc(C)ccc3C)cc2c1=O. The molecule has 0 aliphatic carbocycles. The molecule has 3 aromatic rings. The van der Waals surface area contributed by atoms with Gasteiger partial charge >= 0.3 is 0 Å². The Morgan fingerprint density at radius 1 is 1.16 bits per heavy atom. The molecule has 8 heteroatoms. The number of hydrogen-bond donors (Lipinski definition) is 2. The molecule has 0 spiro atoms. The topological polar surface area (TPSA) is 99.3 Å². The number of benzene rings is 2. The van der Waals surface area contributed by atoms with E-state index in [1.807, 2.05) is 39.8 Å². The molecule has 0 saturated carbocycles. The van der Waals surface area contributed by atoms with Gasteiger partial charge in [0.25, 0.3) is 15.9 Å². The summed E-state index contributed by atoms with van der Waals surface area (Å²) < 4.78 is 27.8. The number of pyridine rings is 1. The molecule has 1 amide bonds. The third-order valence-electron chi connectivity index (χ3n) is 5.45. The molecule has 31 heavy (non-hydrogen) atoms. The van der Waals surface area contributed by atoms with Gasteiger partial charge in [0.1, 0.15) is 5.56 Å². The Bertz CT molecular complexity index is 1310. The standard InChI is InChI=1S/C23H27N3O4S/c1-6-16(4)25-23(28)19-13-24-20-10-9-17(12-18(20)22(19)27)31(29,30)26(5)21-11-14(2)7-8-15(21)3/h7-13,16H,6H2,1-5H3,(H,24,27)(H,25,28)/t16-/m0/s1. The van der Waals surface area contributed by atoms with Crippen LogP contribution in [0.4, 0.5) is 5.69 Å². The second-order valence-corrected chi connectivity index (χ2v) is 9.75. The van der Waals surface area contributed by atoms with E-state index in [0.717, 1.165) is 17.5 Å². The zero-order valence-electron chi connectivity index (χ0n) is 18.3. The van der Waals surface area contributed by atoms with Crippen molar-refractivity contribution in [2.75, 3.05) is 11.4 Å². The second-order valence-electron chi connectivity index (χ2n) is 7.78. The average molecular weight is 442 g/mol. The highest BCUT2D eigenvalue weighted by atomic mass is 32.2. The number of sulfonamides is 1. The van der Waals surface area contributed by atoms with E-state index >= 15 is 0 Å². The molecule has 0 radical (unpaired) electrons. The van der Waals surface area contributed by atoms with Crippen LogP contribution in [-0.4, -0.2) is 32.4 Å². The molecule has 2 aromatic carbocycles. The smallest absolute Gasteiger partial charge is 0.264 e. The predicted molar refractivity (Wildman–Crippen MR) is 123 cm³/mol. The maximum absolute atomic E-state index is 13.3. The van der Waals surface area contributed by atoms with Crippen LogP contribution in [0.25, 0.3) is 10.9 Å².